The number of carbonyl (C=O) groups excluding carboxylic acids is 2. The van der Waals surface area contributed by atoms with Gasteiger partial charge in [-0.3, -0.25) is 4.79 Å². The zero-order valence-corrected chi connectivity index (χ0v) is 10.6. The topological polar surface area (TPSA) is 49.7 Å². The van der Waals surface area contributed by atoms with Gasteiger partial charge in [-0.2, -0.15) is 0 Å². The molecule has 1 aromatic rings. The molecule has 94 valence electrons. The van der Waals surface area contributed by atoms with Crippen LogP contribution in [0, 0.1) is 0 Å². The number of isocyanates is 1. The zero-order chi connectivity index (χ0) is 13.0. The van der Waals surface area contributed by atoms with Crippen molar-refractivity contribution in [1.29, 1.82) is 0 Å². The van der Waals surface area contributed by atoms with Gasteiger partial charge in [-0.1, -0.05) is 23.7 Å². The first-order chi connectivity index (χ1) is 8.69. The lowest BCUT2D eigenvalue weighted by Gasteiger charge is -2.15. The summed E-state index contributed by atoms with van der Waals surface area (Å²) in [4.78, 5) is 27.1. The summed E-state index contributed by atoms with van der Waals surface area (Å²) in [5, 5.41) is 0.698. The molecule has 0 spiro atoms. The molecule has 1 aliphatic heterocycles. The average Bonchev–Trinajstić information content (AvgIpc) is 2.68. The van der Waals surface area contributed by atoms with Gasteiger partial charge in [-0.15, -0.1) is 0 Å². The van der Waals surface area contributed by atoms with Crippen molar-refractivity contribution in [3.63, 3.8) is 0 Å². The fourth-order valence-electron chi connectivity index (χ4n) is 2.08. The smallest absolute Gasteiger partial charge is 0.235 e. The molecule has 1 amide bonds. The highest BCUT2D eigenvalue weighted by atomic mass is 35.5. The number of aliphatic imine (C=N–C) groups is 1. The van der Waals surface area contributed by atoms with Crippen molar-refractivity contribution >= 4 is 23.6 Å². The minimum atomic E-state index is -0.227. The van der Waals surface area contributed by atoms with Gasteiger partial charge in [-0.05, 0) is 24.1 Å². The summed E-state index contributed by atoms with van der Waals surface area (Å²) in [6, 6.07) is 7.36. The molecule has 0 bridgehead atoms. The molecule has 1 aromatic carbocycles. The molecule has 0 N–H and O–H groups in total. The van der Waals surface area contributed by atoms with Gasteiger partial charge < -0.3 is 4.90 Å². The van der Waals surface area contributed by atoms with Gasteiger partial charge in [0.25, 0.3) is 0 Å². The molecule has 1 heterocycles. The Labute approximate surface area is 110 Å². The highest BCUT2D eigenvalue weighted by Crippen LogP contribution is 2.16. The van der Waals surface area contributed by atoms with Gasteiger partial charge in [0.1, 0.15) is 0 Å². The van der Waals surface area contributed by atoms with E-state index in [-0.39, 0.29) is 11.9 Å². The SMILES string of the molecule is O=C=NC1CC(=O)N(CCc2cccc(Cl)c2)C1. The molecule has 0 radical (unpaired) electrons. The number of amides is 1. The van der Waals surface area contributed by atoms with Crippen molar-refractivity contribution in [1.82, 2.24) is 4.90 Å². The summed E-state index contributed by atoms with van der Waals surface area (Å²) in [6.07, 6.45) is 2.57. The Morgan fingerprint density at radius 2 is 2.33 bits per heavy atom. The van der Waals surface area contributed by atoms with E-state index < -0.39 is 0 Å². The van der Waals surface area contributed by atoms with Gasteiger partial charge in [-0.25, -0.2) is 9.79 Å². The van der Waals surface area contributed by atoms with Crippen molar-refractivity contribution in [2.24, 2.45) is 4.99 Å². The van der Waals surface area contributed by atoms with Crippen LogP contribution >= 0.6 is 11.6 Å². The molecule has 18 heavy (non-hydrogen) atoms. The van der Waals surface area contributed by atoms with E-state index in [1.54, 1.807) is 4.90 Å². The van der Waals surface area contributed by atoms with Crippen molar-refractivity contribution < 1.29 is 9.59 Å². The van der Waals surface area contributed by atoms with E-state index in [4.69, 9.17) is 11.6 Å². The fraction of sp³-hybridized carbons (Fsp3) is 0.385. The van der Waals surface area contributed by atoms with Crippen LogP contribution < -0.4 is 0 Å². The maximum atomic E-state index is 11.7. The summed E-state index contributed by atoms with van der Waals surface area (Å²) in [6.45, 7) is 1.14. The second kappa shape index (κ2) is 5.80. The summed E-state index contributed by atoms with van der Waals surface area (Å²) >= 11 is 5.89. The molecule has 2 rings (SSSR count). The highest BCUT2D eigenvalue weighted by Gasteiger charge is 2.28. The van der Waals surface area contributed by atoms with Crippen molar-refractivity contribution in [2.45, 2.75) is 18.9 Å². The van der Waals surface area contributed by atoms with Gasteiger partial charge in [0, 0.05) is 18.1 Å². The van der Waals surface area contributed by atoms with Gasteiger partial charge in [0.2, 0.25) is 12.0 Å². The maximum Gasteiger partial charge on any atom is 0.235 e. The van der Waals surface area contributed by atoms with E-state index >= 15 is 0 Å². The molecule has 1 saturated heterocycles. The lowest BCUT2D eigenvalue weighted by atomic mass is 10.1. The minimum Gasteiger partial charge on any atom is -0.340 e. The number of halogens is 1. The van der Waals surface area contributed by atoms with Gasteiger partial charge in [0.05, 0.1) is 12.5 Å². The molecule has 4 nitrogen and oxygen atoms in total. The molecule has 5 heteroatoms. The van der Waals surface area contributed by atoms with Crippen LogP contribution in [0.3, 0.4) is 0 Å². The summed E-state index contributed by atoms with van der Waals surface area (Å²) in [7, 11) is 0. The van der Waals surface area contributed by atoms with E-state index in [2.05, 4.69) is 4.99 Å². The lowest BCUT2D eigenvalue weighted by molar-refractivity contribution is -0.127. The number of benzene rings is 1. The normalized spacial score (nSPS) is 18.8. The van der Waals surface area contributed by atoms with Crippen molar-refractivity contribution in [2.75, 3.05) is 13.1 Å². The molecule has 0 aliphatic carbocycles. The third kappa shape index (κ3) is 3.19. The first kappa shape index (κ1) is 12.8. The third-order valence-electron chi connectivity index (χ3n) is 2.99. The zero-order valence-electron chi connectivity index (χ0n) is 9.80. The van der Waals surface area contributed by atoms with Gasteiger partial charge in [0.15, 0.2) is 0 Å². The fourth-order valence-corrected chi connectivity index (χ4v) is 2.30. The molecule has 0 aromatic heterocycles. The summed E-state index contributed by atoms with van der Waals surface area (Å²) < 4.78 is 0. The van der Waals surface area contributed by atoms with Crippen LogP contribution in [0.1, 0.15) is 12.0 Å². The average molecular weight is 265 g/mol. The number of carbonyl (C=O) groups is 1. The van der Waals surface area contributed by atoms with Crippen molar-refractivity contribution in [3.8, 4) is 0 Å². The Morgan fingerprint density at radius 1 is 1.50 bits per heavy atom. The monoisotopic (exact) mass is 264 g/mol. The van der Waals surface area contributed by atoms with Crippen LogP contribution in [0.5, 0.6) is 0 Å². The van der Waals surface area contributed by atoms with Crippen LogP contribution in [0.15, 0.2) is 29.3 Å². The van der Waals surface area contributed by atoms with Crippen LogP contribution in [-0.4, -0.2) is 36.0 Å². The van der Waals surface area contributed by atoms with Crippen LogP contribution in [0.4, 0.5) is 0 Å². The number of hydrogen-bond donors (Lipinski definition) is 0. The van der Waals surface area contributed by atoms with Crippen molar-refractivity contribution in [3.05, 3.63) is 34.9 Å². The molecular formula is C13H13ClN2O2. The number of hydrogen-bond acceptors (Lipinski definition) is 3. The van der Waals surface area contributed by atoms with E-state index in [1.807, 2.05) is 24.3 Å². The molecular weight excluding hydrogens is 252 g/mol. The molecule has 1 aliphatic rings. The van der Waals surface area contributed by atoms with E-state index in [0.29, 0.717) is 24.5 Å². The summed E-state index contributed by atoms with van der Waals surface area (Å²) in [5.74, 6) is 0.0426. The Kier molecular flexibility index (Phi) is 4.13. The summed E-state index contributed by atoms with van der Waals surface area (Å²) in [5.41, 5.74) is 1.10. The second-order valence-corrected chi connectivity index (χ2v) is 4.73. The highest BCUT2D eigenvalue weighted by molar-refractivity contribution is 6.30. The van der Waals surface area contributed by atoms with Crippen LogP contribution in [-0.2, 0) is 16.0 Å². The predicted octanol–water partition coefficient (Wildman–Crippen LogP) is 1.82. The van der Waals surface area contributed by atoms with Crippen LogP contribution in [0.25, 0.3) is 0 Å². The number of likely N-dealkylation sites (tertiary alicyclic amines) is 1. The Bertz CT molecular complexity index is 498. The Morgan fingerprint density at radius 3 is 3.06 bits per heavy atom. The standard InChI is InChI=1S/C13H13ClN2O2/c14-11-3-1-2-10(6-11)4-5-16-8-12(15-9-17)7-13(16)18/h1-3,6,12H,4-5,7-8H2. The third-order valence-corrected chi connectivity index (χ3v) is 3.22. The largest absolute Gasteiger partial charge is 0.340 e. The van der Waals surface area contributed by atoms with E-state index in [1.165, 1.54) is 6.08 Å². The lowest BCUT2D eigenvalue weighted by Crippen LogP contribution is -2.27. The van der Waals surface area contributed by atoms with Gasteiger partial charge >= 0.3 is 0 Å². The molecule has 1 unspecified atom stereocenters. The predicted molar refractivity (Wildman–Crippen MR) is 68.3 cm³/mol. The minimum absolute atomic E-state index is 0.0426. The number of nitrogens with zero attached hydrogens (tertiary/aromatic N) is 2. The molecule has 0 saturated carbocycles. The quantitative estimate of drug-likeness (QED) is 0.615. The Hall–Kier alpha value is -1.64. The number of rotatable bonds is 4. The Balaban J connectivity index is 1.91. The van der Waals surface area contributed by atoms with E-state index in [0.717, 1.165) is 12.0 Å². The first-order valence-corrected chi connectivity index (χ1v) is 6.16. The maximum absolute atomic E-state index is 11.7. The first-order valence-electron chi connectivity index (χ1n) is 5.78. The molecule has 1 atom stereocenters. The second-order valence-electron chi connectivity index (χ2n) is 4.30. The van der Waals surface area contributed by atoms with E-state index in [9.17, 15) is 9.59 Å². The van der Waals surface area contributed by atoms with Crippen LogP contribution in [0.2, 0.25) is 5.02 Å². The molecule has 1 fully saturated rings.